The Morgan fingerprint density at radius 2 is 1.96 bits per heavy atom. The van der Waals surface area contributed by atoms with Gasteiger partial charge in [0.2, 0.25) is 5.91 Å². The zero-order valence-electron chi connectivity index (χ0n) is 16.5. The van der Waals surface area contributed by atoms with Crippen molar-refractivity contribution in [3.63, 3.8) is 0 Å². The highest BCUT2D eigenvalue weighted by atomic mass is 16.2. The minimum atomic E-state index is -0.489. The van der Waals surface area contributed by atoms with Gasteiger partial charge in [-0.25, -0.2) is 0 Å². The normalized spacial score (nSPS) is 29.4. The molecule has 3 rings (SSSR count). The van der Waals surface area contributed by atoms with Gasteiger partial charge < -0.3 is 4.90 Å². The standard InChI is InChI=1S/C21H30N4O/c1-19(2,14-22)15-25-16-20(13-18(25)26)8-10-21(11-9-20,24(3)4)17-7-5-6-12-23-17/h5-7,12H,8-11,13,15-16H2,1-4H3/t20-,21+. The summed E-state index contributed by atoms with van der Waals surface area (Å²) in [6.07, 6.45) is 6.57. The third-order valence-electron chi connectivity index (χ3n) is 6.43. The molecule has 0 radical (unpaired) electrons. The van der Waals surface area contributed by atoms with Gasteiger partial charge in [-0.2, -0.15) is 5.26 Å². The van der Waals surface area contributed by atoms with Crippen LogP contribution in [0.4, 0.5) is 0 Å². The van der Waals surface area contributed by atoms with Crippen LogP contribution in [-0.4, -0.2) is 47.9 Å². The fourth-order valence-corrected chi connectivity index (χ4v) is 4.74. The number of carbonyl (C=O) groups is 1. The molecule has 0 bridgehead atoms. The van der Waals surface area contributed by atoms with Crippen molar-refractivity contribution >= 4 is 5.91 Å². The lowest BCUT2D eigenvalue weighted by Crippen LogP contribution is -2.48. The van der Waals surface area contributed by atoms with E-state index in [2.05, 4.69) is 42.2 Å². The van der Waals surface area contributed by atoms with Crippen molar-refractivity contribution in [2.24, 2.45) is 10.8 Å². The van der Waals surface area contributed by atoms with Gasteiger partial charge in [0.15, 0.2) is 0 Å². The van der Waals surface area contributed by atoms with Crippen LogP contribution in [-0.2, 0) is 10.3 Å². The molecule has 1 aliphatic carbocycles. The topological polar surface area (TPSA) is 60.2 Å². The van der Waals surface area contributed by atoms with Crippen molar-refractivity contribution in [1.82, 2.24) is 14.8 Å². The molecule has 2 heterocycles. The Balaban J connectivity index is 1.75. The van der Waals surface area contributed by atoms with Crippen LogP contribution in [0, 0.1) is 22.2 Å². The molecule has 2 aliphatic rings. The van der Waals surface area contributed by atoms with Crippen LogP contribution < -0.4 is 0 Å². The second-order valence-electron chi connectivity index (χ2n) is 9.06. The van der Waals surface area contributed by atoms with Gasteiger partial charge in [0, 0.05) is 25.7 Å². The Labute approximate surface area is 157 Å². The van der Waals surface area contributed by atoms with E-state index in [-0.39, 0.29) is 16.9 Å². The van der Waals surface area contributed by atoms with Gasteiger partial charge >= 0.3 is 0 Å². The molecule has 0 atom stereocenters. The summed E-state index contributed by atoms with van der Waals surface area (Å²) in [5.74, 6) is 0.212. The lowest BCUT2D eigenvalue weighted by molar-refractivity contribution is -0.128. The summed E-state index contributed by atoms with van der Waals surface area (Å²) < 4.78 is 0. The molecule has 1 saturated heterocycles. The van der Waals surface area contributed by atoms with Gasteiger partial charge in [0.05, 0.1) is 22.7 Å². The SMILES string of the molecule is CN(C)[C@]1(c2ccccn2)CC[C@]2(CC1)CC(=O)N(CC(C)(C)C#N)C2. The van der Waals surface area contributed by atoms with E-state index in [1.165, 1.54) is 0 Å². The Hall–Kier alpha value is -1.93. The summed E-state index contributed by atoms with van der Waals surface area (Å²) >= 11 is 0. The van der Waals surface area contributed by atoms with Gasteiger partial charge in [-0.1, -0.05) is 6.07 Å². The summed E-state index contributed by atoms with van der Waals surface area (Å²) in [7, 11) is 4.27. The Bertz CT molecular complexity index is 696. The first kappa shape index (κ1) is 18.8. The first-order valence-electron chi connectivity index (χ1n) is 9.50. The molecular weight excluding hydrogens is 324 g/mol. The lowest BCUT2D eigenvalue weighted by atomic mass is 9.65. The number of amides is 1. The molecule has 0 unspecified atom stereocenters. The average molecular weight is 354 g/mol. The maximum Gasteiger partial charge on any atom is 0.223 e. The van der Waals surface area contributed by atoms with E-state index in [1.807, 2.05) is 31.0 Å². The highest BCUT2D eigenvalue weighted by Gasteiger charge is 2.51. The van der Waals surface area contributed by atoms with Gasteiger partial charge in [0.25, 0.3) is 0 Å². The maximum atomic E-state index is 12.6. The molecule has 26 heavy (non-hydrogen) atoms. The van der Waals surface area contributed by atoms with Crippen molar-refractivity contribution in [3.8, 4) is 6.07 Å². The first-order valence-corrected chi connectivity index (χ1v) is 9.50. The largest absolute Gasteiger partial charge is 0.341 e. The van der Waals surface area contributed by atoms with Crippen LogP contribution in [0.1, 0.15) is 51.6 Å². The second-order valence-corrected chi connectivity index (χ2v) is 9.06. The van der Waals surface area contributed by atoms with Crippen molar-refractivity contribution in [3.05, 3.63) is 30.1 Å². The lowest BCUT2D eigenvalue weighted by Gasteiger charge is -2.48. The number of nitriles is 1. The molecule has 1 aromatic heterocycles. The number of aromatic nitrogens is 1. The highest BCUT2D eigenvalue weighted by Crippen LogP contribution is 2.51. The first-order chi connectivity index (χ1) is 12.2. The Morgan fingerprint density at radius 3 is 2.50 bits per heavy atom. The Morgan fingerprint density at radius 1 is 1.27 bits per heavy atom. The van der Waals surface area contributed by atoms with Gasteiger partial charge in [-0.15, -0.1) is 0 Å². The third kappa shape index (κ3) is 3.35. The van der Waals surface area contributed by atoms with Crippen molar-refractivity contribution < 1.29 is 4.79 Å². The van der Waals surface area contributed by atoms with E-state index in [9.17, 15) is 10.1 Å². The minimum absolute atomic E-state index is 0.0467. The highest BCUT2D eigenvalue weighted by molar-refractivity contribution is 5.79. The molecule has 0 aromatic carbocycles. The quantitative estimate of drug-likeness (QED) is 0.833. The predicted molar refractivity (Wildman–Crippen MR) is 101 cm³/mol. The number of pyridine rings is 1. The summed E-state index contributed by atoms with van der Waals surface area (Å²) in [6.45, 7) is 5.14. The van der Waals surface area contributed by atoms with E-state index in [0.29, 0.717) is 13.0 Å². The molecule has 1 saturated carbocycles. The number of rotatable bonds is 4. The van der Waals surface area contributed by atoms with Crippen LogP contribution >= 0.6 is 0 Å². The molecule has 1 aromatic rings. The molecule has 2 fully saturated rings. The zero-order valence-corrected chi connectivity index (χ0v) is 16.5. The third-order valence-corrected chi connectivity index (χ3v) is 6.43. The predicted octanol–water partition coefficient (Wildman–Crippen LogP) is 3.18. The summed E-state index contributed by atoms with van der Waals surface area (Å²) in [6, 6.07) is 8.46. The molecule has 0 N–H and O–H groups in total. The van der Waals surface area contributed by atoms with E-state index in [0.717, 1.165) is 37.9 Å². The number of hydrogen-bond acceptors (Lipinski definition) is 4. The number of likely N-dealkylation sites (tertiary alicyclic amines) is 1. The minimum Gasteiger partial charge on any atom is -0.341 e. The smallest absolute Gasteiger partial charge is 0.223 e. The molecular formula is C21H30N4O. The Kier molecular flexibility index (Phi) is 4.83. The molecule has 1 amide bonds. The van der Waals surface area contributed by atoms with E-state index < -0.39 is 5.41 Å². The van der Waals surface area contributed by atoms with Gasteiger partial charge in [-0.3, -0.25) is 14.7 Å². The number of nitrogens with zero attached hydrogens (tertiary/aromatic N) is 4. The average Bonchev–Trinajstić information content (AvgIpc) is 2.91. The summed E-state index contributed by atoms with van der Waals surface area (Å²) in [5, 5.41) is 9.30. The van der Waals surface area contributed by atoms with Crippen molar-refractivity contribution in [1.29, 1.82) is 5.26 Å². The van der Waals surface area contributed by atoms with Gasteiger partial charge in [0.1, 0.15) is 0 Å². The van der Waals surface area contributed by atoms with Gasteiger partial charge in [-0.05, 0) is 71.2 Å². The summed E-state index contributed by atoms with van der Waals surface area (Å²) in [5.41, 5.74) is 0.662. The van der Waals surface area contributed by atoms with Crippen LogP contribution in [0.2, 0.25) is 0 Å². The molecule has 5 heteroatoms. The fourth-order valence-electron chi connectivity index (χ4n) is 4.74. The molecule has 1 aliphatic heterocycles. The van der Waals surface area contributed by atoms with Crippen LogP contribution in [0.15, 0.2) is 24.4 Å². The number of carbonyl (C=O) groups excluding carboxylic acids is 1. The van der Waals surface area contributed by atoms with Crippen molar-refractivity contribution in [2.45, 2.75) is 51.5 Å². The van der Waals surface area contributed by atoms with E-state index in [4.69, 9.17) is 0 Å². The van der Waals surface area contributed by atoms with Crippen LogP contribution in [0.25, 0.3) is 0 Å². The fraction of sp³-hybridized carbons (Fsp3) is 0.667. The summed E-state index contributed by atoms with van der Waals surface area (Å²) in [4.78, 5) is 21.5. The van der Waals surface area contributed by atoms with E-state index >= 15 is 0 Å². The molecule has 5 nitrogen and oxygen atoms in total. The number of hydrogen-bond donors (Lipinski definition) is 0. The second kappa shape index (κ2) is 6.66. The zero-order chi connectivity index (χ0) is 19.0. The van der Waals surface area contributed by atoms with Crippen LogP contribution in [0.5, 0.6) is 0 Å². The van der Waals surface area contributed by atoms with Crippen molar-refractivity contribution in [2.75, 3.05) is 27.2 Å². The monoisotopic (exact) mass is 354 g/mol. The molecule has 1 spiro atoms. The van der Waals surface area contributed by atoms with E-state index in [1.54, 1.807) is 0 Å². The van der Waals surface area contributed by atoms with Crippen LogP contribution in [0.3, 0.4) is 0 Å². The maximum absolute atomic E-state index is 12.6. The molecule has 140 valence electrons.